The zero-order valence-electron chi connectivity index (χ0n) is 17.9. The Labute approximate surface area is 194 Å². The maximum absolute atomic E-state index is 12.6. The molecule has 34 heavy (non-hydrogen) atoms. The van der Waals surface area contributed by atoms with Crippen molar-refractivity contribution in [2.24, 2.45) is 0 Å². The van der Waals surface area contributed by atoms with Gasteiger partial charge in [0.1, 0.15) is 0 Å². The van der Waals surface area contributed by atoms with Gasteiger partial charge in [0.25, 0.3) is 5.91 Å². The van der Waals surface area contributed by atoms with Crippen molar-refractivity contribution >= 4 is 34.3 Å². The van der Waals surface area contributed by atoms with Crippen LogP contribution in [0, 0.1) is 0 Å². The third kappa shape index (κ3) is 6.07. The number of hydrogen-bond donors (Lipinski definition) is 4. The van der Waals surface area contributed by atoms with Gasteiger partial charge in [0.05, 0.1) is 11.3 Å². The maximum Gasteiger partial charge on any atom is 0.416 e. The number of carbonyl (C=O) groups excluding carboxylic acids is 1. The predicted octanol–water partition coefficient (Wildman–Crippen LogP) is 6.95. The van der Waals surface area contributed by atoms with Crippen LogP contribution in [0.25, 0.3) is 0 Å². The summed E-state index contributed by atoms with van der Waals surface area (Å²) in [5.74, 6) is -0.416. The summed E-state index contributed by atoms with van der Waals surface area (Å²) in [4.78, 5) is 12.3. The Balaban J connectivity index is 1.33. The Morgan fingerprint density at radius 2 is 1.12 bits per heavy atom. The van der Waals surface area contributed by atoms with Gasteiger partial charge in [-0.1, -0.05) is 24.3 Å². The fraction of sp³-hybridized carbons (Fsp3) is 0.0385. The number of amides is 1. The van der Waals surface area contributed by atoms with E-state index in [4.69, 9.17) is 0 Å². The molecular formula is C26H21F3N4O. The highest BCUT2D eigenvalue weighted by Crippen LogP contribution is 2.29. The SMILES string of the molecule is O=C(NNc1ccc(C(F)(F)F)cc1)c1ccc(Nc2cccc(Nc3ccccc3)c2)cc1. The van der Waals surface area contributed by atoms with Crippen LogP contribution >= 0.6 is 0 Å². The van der Waals surface area contributed by atoms with Crippen molar-refractivity contribution in [1.29, 1.82) is 0 Å². The highest BCUT2D eigenvalue weighted by molar-refractivity contribution is 5.95. The lowest BCUT2D eigenvalue weighted by atomic mass is 10.2. The van der Waals surface area contributed by atoms with Crippen LogP contribution in [0.3, 0.4) is 0 Å². The number of carbonyl (C=O) groups is 1. The van der Waals surface area contributed by atoms with Crippen LogP contribution < -0.4 is 21.5 Å². The van der Waals surface area contributed by atoms with Crippen LogP contribution in [0.2, 0.25) is 0 Å². The molecule has 0 radical (unpaired) electrons. The molecule has 0 aliphatic carbocycles. The molecule has 4 aromatic rings. The molecule has 1 amide bonds. The fourth-order valence-electron chi connectivity index (χ4n) is 3.18. The van der Waals surface area contributed by atoms with Crippen LogP contribution in [-0.4, -0.2) is 5.91 Å². The zero-order valence-corrected chi connectivity index (χ0v) is 17.9. The van der Waals surface area contributed by atoms with Crippen molar-refractivity contribution in [3.63, 3.8) is 0 Å². The minimum absolute atomic E-state index is 0.337. The van der Waals surface area contributed by atoms with Crippen molar-refractivity contribution in [3.8, 4) is 0 Å². The monoisotopic (exact) mass is 462 g/mol. The highest BCUT2D eigenvalue weighted by atomic mass is 19.4. The number of benzene rings is 4. The van der Waals surface area contributed by atoms with Gasteiger partial charge in [-0.25, -0.2) is 0 Å². The largest absolute Gasteiger partial charge is 0.416 e. The van der Waals surface area contributed by atoms with Crippen LogP contribution in [0.15, 0.2) is 103 Å². The van der Waals surface area contributed by atoms with Crippen LogP contribution in [0.1, 0.15) is 15.9 Å². The van der Waals surface area contributed by atoms with Gasteiger partial charge in [-0.05, 0) is 78.9 Å². The lowest BCUT2D eigenvalue weighted by Gasteiger charge is -2.12. The van der Waals surface area contributed by atoms with Crippen LogP contribution in [0.4, 0.5) is 41.6 Å². The second-order valence-corrected chi connectivity index (χ2v) is 7.43. The summed E-state index contributed by atoms with van der Waals surface area (Å²) in [5.41, 5.74) is 8.65. The van der Waals surface area contributed by atoms with Gasteiger partial charge in [-0.3, -0.25) is 15.6 Å². The van der Waals surface area contributed by atoms with Crippen molar-refractivity contribution in [1.82, 2.24) is 5.43 Å². The smallest absolute Gasteiger partial charge is 0.355 e. The number of hydrazine groups is 1. The normalized spacial score (nSPS) is 10.9. The molecule has 5 nitrogen and oxygen atoms in total. The van der Waals surface area contributed by atoms with Crippen molar-refractivity contribution in [2.45, 2.75) is 6.18 Å². The first-order valence-electron chi connectivity index (χ1n) is 10.4. The average molecular weight is 462 g/mol. The summed E-state index contributed by atoms with van der Waals surface area (Å²) in [5, 5.41) is 6.63. The highest BCUT2D eigenvalue weighted by Gasteiger charge is 2.29. The molecule has 172 valence electrons. The predicted molar refractivity (Wildman–Crippen MR) is 128 cm³/mol. The van der Waals surface area contributed by atoms with Gasteiger partial charge in [0, 0.05) is 28.3 Å². The number of anilines is 5. The first-order chi connectivity index (χ1) is 16.4. The Bertz CT molecular complexity index is 1240. The first-order valence-corrected chi connectivity index (χ1v) is 10.4. The molecule has 0 fully saturated rings. The summed E-state index contributed by atoms with van der Waals surface area (Å²) in [6.45, 7) is 0. The standard InChI is InChI=1S/C26H21F3N4O/c27-26(28,29)19-11-15-22(16-12-19)32-33-25(34)18-9-13-21(14-10-18)31-24-8-4-7-23(17-24)30-20-5-2-1-3-6-20/h1-17,30-32H,(H,33,34). The Hall–Kier alpha value is -4.46. The summed E-state index contributed by atoms with van der Waals surface area (Å²) >= 11 is 0. The Morgan fingerprint density at radius 1 is 0.588 bits per heavy atom. The minimum Gasteiger partial charge on any atom is -0.355 e. The van der Waals surface area contributed by atoms with Gasteiger partial charge in [-0.2, -0.15) is 13.2 Å². The second-order valence-electron chi connectivity index (χ2n) is 7.43. The van der Waals surface area contributed by atoms with E-state index in [1.165, 1.54) is 12.1 Å². The van der Waals surface area contributed by atoms with Crippen molar-refractivity contribution < 1.29 is 18.0 Å². The average Bonchev–Trinajstić information content (AvgIpc) is 2.84. The van der Waals surface area contributed by atoms with Gasteiger partial charge >= 0.3 is 6.18 Å². The molecule has 4 aromatic carbocycles. The second kappa shape index (κ2) is 9.99. The molecule has 4 N–H and O–H groups in total. The first kappa shape index (κ1) is 22.7. The molecule has 0 saturated carbocycles. The third-order valence-electron chi connectivity index (χ3n) is 4.89. The molecule has 0 saturated heterocycles. The van der Waals surface area contributed by atoms with E-state index in [-0.39, 0.29) is 0 Å². The Kier molecular flexibility index (Phi) is 6.68. The zero-order chi connectivity index (χ0) is 24.0. The quantitative estimate of drug-likeness (QED) is 0.225. The van der Waals surface area contributed by atoms with E-state index in [0.29, 0.717) is 11.3 Å². The maximum atomic E-state index is 12.6. The van der Waals surface area contributed by atoms with Crippen molar-refractivity contribution in [3.05, 3.63) is 114 Å². The molecule has 0 atom stereocenters. The van der Waals surface area contributed by atoms with Gasteiger partial charge < -0.3 is 10.6 Å². The lowest BCUT2D eigenvalue weighted by molar-refractivity contribution is -0.137. The van der Waals surface area contributed by atoms with E-state index in [0.717, 1.165) is 34.9 Å². The molecule has 0 heterocycles. The summed E-state index contributed by atoms with van der Waals surface area (Å²) in [6.07, 6.45) is -4.41. The summed E-state index contributed by atoms with van der Waals surface area (Å²) < 4.78 is 37.9. The molecule has 0 spiro atoms. The molecular weight excluding hydrogens is 441 g/mol. The number of halogens is 3. The topological polar surface area (TPSA) is 65.2 Å². The summed E-state index contributed by atoms with van der Waals surface area (Å²) in [6, 6.07) is 28.9. The number of rotatable bonds is 7. The van der Waals surface area contributed by atoms with Crippen molar-refractivity contribution in [2.75, 3.05) is 16.1 Å². The molecule has 0 aliphatic heterocycles. The fourth-order valence-corrected chi connectivity index (χ4v) is 3.18. The number of nitrogens with one attached hydrogen (secondary N) is 4. The van der Waals surface area contributed by atoms with E-state index in [2.05, 4.69) is 21.5 Å². The molecule has 4 rings (SSSR count). The van der Waals surface area contributed by atoms with E-state index >= 15 is 0 Å². The molecule has 0 aliphatic rings. The molecule has 0 unspecified atom stereocenters. The van der Waals surface area contributed by atoms with E-state index < -0.39 is 17.6 Å². The van der Waals surface area contributed by atoms with E-state index in [1.807, 2.05) is 54.6 Å². The van der Waals surface area contributed by atoms with Crippen LogP contribution in [0.5, 0.6) is 0 Å². The van der Waals surface area contributed by atoms with E-state index in [9.17, 15) is 18.0 Å². The van der Waals surface area contributed by atoms with Gasteiger partial charge in [-0.15, -0.1) is 0 Å². The van der Waals surface area contributed by atoms with Crippen LogP contribution in [-0.2, 0) is 6.18 Å². The number of para-hydroxylation sites is 1. The number of alkyl halides is 3. The van der Waals surface area contributed by atoms with E-state index in [1.54, 1.807) is 24.3 Å². The molecule has 0 aromatic heterocycles. The van der Waals surface area contributed by atoms with Gasteiger partial charge in [0.15, 0.2) is 0 Å². The third-order valence-corrected chi connectivity index (χ3v) is 4.89. The number of hydrogen-bond acceptors (Lipinski definition) is 4. The Morgan fingerprint density at radius 3 is 1.71 bits per heavy atom. The van der Waals surface area contributed by atoms with Gasteiger partial charge in [0.2, 0.25) is 0 Å². The molecule has 8 heteroatoms. The lowest BCUT2D eigenvalue weighted by Crippen LogP contribution is -2.29. The molecule has 0 bridgehead atoms. The summed E-state index contributed by atoms with van der Waals surface area (Å²) in [7, 11) is 0. The minimum atomic E-state index is -4.41.